The van der Waals surface area contributed by atoms with E-state index in [-0.39, 0.29) is 22.8 Å². The number of halogens is 2. The molecule has 1 atom stereocenters. The number of carbonyl (C=O) groups is 1. The van der Waals surface area contributed by atoms with Gasteiger partial charge in [-0.05, 0) is 50.1 Å². The van der Waals surface area contributed by atoms with Crippen LogP contribution in [-0.2, 0) is 4.79 Å². The third-order valence-electron chi connectivity index (χ3n) is 4.70. The van der Waals surface area contributed by atoms with Crippen molar-refractivity contribution in [3.63, 3.8) is 0 Å². The number of aromatic nitrogens is 3. The Bertz CT molecular complexity index is 1150. The quantitative estimate of drug-likeness (QED) is 0.540. The van der Waals surface area contributed by atoms with E-state index in [0.29, 0.717) is 27.8 Å². The molecule has 1 N–H and O–H groups in total. The first-order valence-electron chi connectivity index (χ1n) is 9.35. The minimum Gasteiger partial charge on any atom is -0.325 e. The number of amides is 1. The molecule has 9 heteroatoms. The van der Waals surface area contributed by atoms with Gasteiger partial charge in [0.1, 0.15) is 11.9 Å². The Hall–Kier alpha value is -2.89. The smallest absolute Gasteiger partial charge is 0.237 e. The fourth-order valence-corrected chi connectivity index (χ4v) is 4.13. The van der Waals surface area contributed by atoms with Crippen molar-refractivity contribution in [2.75, 3.05) is 5.32 Å². The highest BCUT2D eigenvalue weighted by molar-refractivity contribution is 8.00. The lowest BCUT2D eigenvalue weighted by atomic mass is 10.2. The Balaban J connectivity index is 1.53. The SMILES string of the molecule is CC(Sc1nnc(-c2ccccc2F)n1C1CC1)C(=O)Nc1ccc(C#N)c(Cl)c1. The van der Waals surface area contributed by atoms with Crippen LogP contribution in [0.15, 0.2) is 47.6 Å². The number of nitrogens with zero attached hydrogens (tertiary/aromatic N) is 4. The van der Waals surface area contributed by atoms with Crippen molar-refractivity contribution in [3.05, 3.63) is 58.9 Å². The number of thioether (sulfide) groups is 1. The predicted molar refractivity (Wildman–Crippen MR) is 114 cm³/mol. The maximum absolute atomic E-state index is 14.3. The monoisotopic (exact) mass is 441 g/mol. The van der Waals surface area contributed by atoms with Crippen LogP contribution >= 0.6 is 23.4 Å². The van der Waals surface area contributed by atoms with E-state index in [1.807, 2.05) is 10.6 Å². The van der Waals surface area contributed by atoms with Crippen LogP contribution in [0.2, 0.25) is 5.02 Å². The second-order valence-electron chi connectivity index (χ2n) is 6.94. The van der Waals surface area contributed by atoms with Gasteiger partial charge in [-0.15, -0.1) is 10.2 Å². The second-order valence-corrected chi connectivity index (χ2v) is 8.66. The molecule has 3 aromatic rings. The zero-order valence-corrected chi connectivity index (χ0v) is 17.5. The van der Waals surface area contributed by atoms with Gasteiger partial charge in [0.2, 0.25) is 5.91 Å². The fraction of sp³-hybridized carbons (Fsp3) is 0.238. The van der Waals surface area contributed by atoms with E-state index in [1.54, 1.807) is 43.3 Å². The Morgan fingerprint density at radius 1 is 1.33 bits per heavy atom. The summed E-state index contributed by atoms with van der Waals surface area (Å²) in [5.41, 5.74) is 1.25. The molecule has 4 rings (SSSR count). The first-order valence-corrected chi connectivity index (χ1v) is 10.6. The van der Waals surface area contributed by atoms with Gasteiger partial charge >= 0.3 is 0 Å². The minimum absolute atomic E-state index is 0.213. The Morgan fingerprint density at radius 3 is 2.77 bits per heavy atom. The number of benzene rings is 2. The molecule has 30 heavy (non-hydrogen) atoms. The summed E-state index contributed by atoms with van der Waals surface area (Å²) >= 11 is 7.30. The number of hydrogen-bond donors (Lipinski definition) is 1. The Labute approximate surface area is 182 Å². The molecule has 1 fully saturated rings. The van der Waals surface area contributed by atoms with Crippen LogP contribution in [0, 0.1) is 17.1 Å². The summed E-state index contributed by atoms with van der Waals surface area (Å²) in [5, 5.41) is 20.6. The van der Waals surface area contributed by atoms with Crippen LogP contribution < -0.4 is 5.32 Å². The Kier molecular flexibility index (Phi) is 5.75. The Morgan fingerprint density at radius 2 is 2.10 bits per heavy atom. The molecular formula is C21H17ClFN5OS. The van der Waals surface area contributed by atoms with Gasteiger partial charge in [0.15, 0.2) is 11.0 Å². The zero-order chi connectivity index (χ0) is 21.3. The number of nitriles is 1. The predicted octanol–water partition coefficient (Wildman–Crippen LogP) is 5.06. The summed E-state index contributed by atoms with van der Waals surface area (Å²) in [6, 6.07) is 13.4. The van der Waals surface area contributed by atoms with Crippen molar-refractivity contribution in [2.45, 2.75) is 36.2 Å². The maximum atomic E-state index is 14.3. The molecule has 0 bridgehead atoms. The zero-order valence-electron chi connectivity index (χ0n) is 16.0. The van der Waals surface area contributed by atoms with E-state index in [2.05, 4.69) is 15.5 Å². The molecule has 1 aliphatic carbocycles. The molecule has 1 aliphatic rings. The van der Waals surface area contributed by atoms with E-state index < -0.39 is 5.25 Å². The van der Waals surface area contributed by atoms with Crippen molar-refractivity contribution < 1.29 is 9.18 Å². The second kappa shape index (κ2) is 8.46. The standard InChI is InChI=1S/C21H17ClFN5OS/c1-12(20(29)25-14-7-6-13(11-24)17(22)10-14)30-21-27-26-19(28(21)15-8-9-15)16-4-2-3-5-18(16)23/h2-7,10,12,15H,8-9H2,1H3,(H,25,29). The maximum Gasteiger partial charge on any atom is 0.237 e. The molecule has 0 spiro atoms. The van der Waals surface area contributed by atoms with E-state index in [1.165, 1.54) is 17.8 Å². The van der Waals surface area contributed by atoms with Crippen molar-refractivity contribution in [1.82, 2.24) is 14.8 Å². The van der Waals surface area contributed by atoms with Crippen LogP contribution in [0.25, 0.3) is 11.4 Å². The lowest BCUT2D eigenvalue weighted by Gasteiger charge is -2.14. The van der Waals surface area contributed by atoms with Crippen LogP contribution in [0.3, 0.4) is 0 Å². The normalized spacial score (nSPS) is 14.2. The summed E-state index contributed by atoms with van der Waals surface area (Å²) in [6.45, 7) is 1.76. The first-order chi connectivity index (χ1) is 14.5. The molecule has 152 valence electrons. The summed E-state index contributed by atoms with van der Waals surface area (Å²) in [6.07, 6.45) is 1.94. The highest BCUT2D eigenvalue weighted by Crippen LogP contribution is 2.42. The number of hydrogen-bond acceptors (Lipinski definition) is 5. The molecule has 0 saturated heterocycles. The van der Waals surface area contributed by atoms with Gasteiger partial charge in [0.25, 0.3) is 0 Å². The lowest BCUT2D eigenvalue weighted by Crippen LogP contribution is -2.23. The first kappa shape index (κ1) is 20.4. The van der Waals surface area contributed by atoms with Crippen molar-refractivity contribution in [2.24, 2.45) is 0 Å². The van der Waals surface area contributed by atoms with Crippen LogP contribution in [0.4, 0.5) is 10.1 Å². The molecule has 0 radical (unpaired) electrons. The van der Waals surface area contributed by atoms with Crippen LogP contribution in [0.1, 0.15) is 31.4 Å². The number of anilines is 1. The molecule has 1 saturated carbocycles. The van der Waals surface area contributed by atoms with Gasteiger partial charge in [0.05, 0.1) is 21.4 Å². The highest BCUT2D eigenvalue weighted by atomic mass is 35.5. The molecule has 0 aliphatic heterocycles. The summed E-state index contributed by atoms with van der Waals surface area (Å²) in [5.74, 6) is -0.116. The molecular weight excluding hydrogens is 425 g/mol. The van der Waals surface area contributed by atoms with Gasteiger partial charge in [-0.1, -0.05) is 35.5 Å². The van der Waals surface area contributed by atoms with Crippen molar-refractivity contribution in [3.8, 4) is 17.5 Å². The molecule has 1 heterocycles. The number of nitrogens with one attached hydrogen (secondary N) is 1. The molecule has 1 amide bonds. The molecule has 1 aromatic heterocycles. The van der Waals surface area contributed by atoms with E-state index in [9.17, 15) is 9.18 Å². The van der Waals surface area contributed by atoms with Gasteiger partial charge in [0, 0.05) is 11.7 Å². The molecule has 6 nitrogen and oxygen atoms in total. The number of rotatable bonds is 6. The topological polar surface area (TPSA) is 83.6 Å². The fourth-order valence-electron chi connectivity index (χ4n) is 2.98. The van der Waals surface area contributed by atoms with Crippen molar-refractivity contribution in [1.29, 1.82) is 5.26 Å². The van der Waals surface area contributed by atoms with E-state index >= 15 is 0 Å². The minimum atomic E-state index is -0.477. The van der Waals surface area contributed by atoms with E-state index in [0.717, 1.165) is 12.8 Å². The molecule has 2 aromatic carbocycles. The van der Waals surface area contributed by atoms with Gasteiger partial charge in [-0.25, -0.2) is 4.39 Å². The largest absolute Gasteiger partial charge is 0.325 e. The average Bonchev–Trinajstić information content (AvgIpc) is 3.49. The average molecular weight is 442 g/mol. The highest BCUT2D eigenvalue weighted by Gasteiger charge is 2.32. The molecule has 1 unspecified atom stereocenters. The summed E-state index contributed by atoms with van der Waals surface area (Å²) in [4.78, 5) is 12.7. The summed E-state index contributed by atoms with van der Waals surface area (Å²) in [7, 11) is 0. The summed E-state index contributed by atoms with van der Waals surface area (Å²) < 4.78 is 16.2. The third kappa shape index (κ3) is 4.18. The van der Waals surface area contributed by atoms with Gasteiger partial charge in [-0.2, -0.15) is 5.26 Å². The van der Waals surface area contributed by atoms with Crippen molar-refractivity contribution >= 4 is 35.0 Å². The van der Waals surface area contributed by atoms with Crippen LogP contribution in [-0.4, -0.2) is 25.9 Å². The van der Waals surface area contributed by atoms with Crippen LogP contribution in [0.5, 0.6) is 0 Å². The lowest BCUT2D eigenvalue weighted by molar-refractivity contribution is -0.115. The van der Waals surface area contributed by atoms with E-state index in [4.69, 9.17) is 16.9 Å². The van der Waals surface area contributed by atoms with Gasteiger partial charge in [-0.3, -0.25) is 9.36 Å². The third-order valence-corrected chi connectivity index (χ3v) is 6.07. The number of carbonyl (C=O) groups excluding carboxylic acids is 1. The van der Waals surface area contributed by atoms with Gasteiger partial charge < -0.3 is 5.32 Å².